The lowest BCUT2D eigenvalue weighted by atomic mass is 9.96. The highest BCUT2D eigenvalue weighted by atomic mass is 79.9. The largest absolute Gasteiger partial charge is 0.507 e. The second-order valence-corrected chi connectivity index (χ2v) is 5.50. The van der Waals surface area contributed by atoms with Gasteiger partial charge in [-0.05, 0) is 56.0 Å². The number of phenols is 1. The van der Waals surface area contributed by atoms with Crippen LogP contribution in [0.3, 0.4) is 0 Å². The summed E-state index contributed by atoms with van der Waals surface area (Å²) in [6.07, 6.45) is 4.71. The molecule has 2 nitrogen and oxygen atoms in total. The maximum atomic E-state index is 10.0. The van der Waals surface area contributed by atoms with Crippen molar-refractivity contribution in [1.82, 2.24) is 5.32 Å². The molecule has 0 aliphatic carbocycles. The van der Waals surface area contributed by atoms with E-state index in [2.05, 4.69) is 21.2 Å². The van der Waals surface area contributed by atoms with E-state index in [4.69, 9.17) is 0 Å². The average molecular weight is 284 g/mol. The van der Waals surface area contributed by atoms with E-state index in [0.717, 1.165) is 28.6 Å². The van der Waals surface area contributed by atoms with Crippen molar-refractivity contribution >= 4 is 15.9 Å². The molecule has 1 aromatic rings. The Bertz CT molecular complexity index is 372. The summed E-state index contributed by atoms with van der Waals surface area (Å²) in [6.45, 7) is 3.05. The SMILES string of the molecule is Cc1cc(Br)cc(CC2CCCCN2)c1O. The summed E-state index contributed by atoms with van der Waals surface area (Å²) >= 11 is 3.48. The number of aromatic hydroxyl groups is 1. The fraction of sp³-hybridized carbons (Fsp3) is 0.538. The van der Waals surface area contributed by atoms with E-state index in [-0.39, 0.29) is 0 Å². The molecule has 3 heteroatoms. The first-order chi connectivity index (χ1) is 7.66. The Balaban J connectivity index is 2.13. The van der Waals surface area contributed by atoms with Gasteiger partial charge in [-0.1, -0.05) is 22.4 Å². The van der Waals surface area contributed by atoms with Gasteiger partial charge in [0.1, 0.15) is 5.75 Å². The Morgan fingerprint density at radius 2 is 2.25 bits per heavy atom. The quantitative estimate of drug-likeness (QED) is 0.874. The molecule has 2 rings (SSSR count). The molecular weight excluding hydrogens is 266 g/mol. The number of nitrogens with one attached hydrogen (secondary N) is 1. The maximum Gasteiger partial charge on any atom is 0.121 e. The van der Waals surface area contributed by atoms with Crippen LogP contribution in [0.4, 0.5) is 0 Å². The Kier molecular flexibility index (Phi) is 3.87. The van der Waals surface area contributed by atoms with E-state index in [0.29, 0.717) is 11.8 Å². The highest BCUT2D eigenvalue weighted by molar-refractivity contribution is 9.10. The number of phenolic OH excluding ortho intramolecular Hbond substituents is 1. The lowest BCUT2D eigenvalue weighted by molar-refractivity contribution is 0.391. The Morgan fingerprint density at radius 1 is 1.44 bits per heavy atom. The molecule has 1 atom stereocenters. The summed E-state index contributed by atoms with van der Waals surface area (Å²) in [6, 6.07) is 4.50. The van der Waals surface area contributed by atoms with Crippen molar-refractivity contribution in [1.29, 1.82) is 0 Å². The van der Waals surface area contributed by atoms with Crippen LogP contribution in [-0.2, 0) is 6.42 Å². The Hall–Kier alpha value is -0.540. The third-order valence-corrected chi connectivity index (χ3v) is 3.68. The standard InChI is InChI=1S/C13H18BrNO/c1-9-6-11(14)7-10(13(9)16)8-12-4-2-3-5-15-12/h6-7,12,15-16H,2-5,8H2,1H3. The molecule has 1 aliphatic rings. The fourth-order valence-electron chi connectivity index (χ4n) is 2.32. The van der Waals surface area contributed by atoms with E-state index in [1.165, 1.54) is 19.3 Å². The van der Waals surface area contributed by atoms with E-state index in [9.17, 15) is 5.11 Å². The number of piperidine rings is 1. The predicted octanol–water partition coefficient (Wildman–Crippen LogP) is 3.15. The highest BCUT2D eigenvalue weighted by Gasteiger charge is 2.15. The number of halogens is 1. The molecule has 2 N–H and O–H groups in total. The van der Waals surface area contributed by atoms with Crippen LogP contribution in [0.15, 0.2) is 16.6 Å². The lowest BCUT2D eigenvalue weighted by Gasteiger charge is -2.24. The molecule has 1 fully saturated rings. The van der Waals surface area contributed by atoms with Crippen molar-refractivity contribution in [3.05, 3.63) is 27.7 Å². The minimum absolute atomic E-state index is 0.454. The third kappa shape index (κ3) is 2.77. The molecule has 16 heavy (non-hydrogen) atoms. The van der Waals surface area contributed by atoms with Gasteiger partial charge in [0.2, 0.25) is 0 Å². The number of benzene rings is 1. The summed E-state index contributed by atoms with van der Waals surface area (Å²) in [5.41, 5.74) is 1.99. The van der Waals surface area contributed by atoms with Crippen LogP contribution < -0.4 is 5.32 Å². The number of aryl methyl sites for hydroxylation is 1. The Labute approximate surface area is 105 Å². The summed E-state index contributed by atoms with van der Waals surface area (Å²) in [7, 11) is 0. The van der Waals surface area contributed by atoms with Crippen LogP contribution in [0.25, 0.3) is 0 Å². The molecular formula is C13H18BrNO. The highest BCUT2D eigenvalue weighted by Crippen LogP contribution is 2.28. The van der Waals surface area contributed by atoms with Gasteiger partial charge in [0.05, 0.1) is 0 Å². The van der Waals surface area contributed by atoms with Crippen LogP contribution in [0.1, 0.15) is 30.4 Å². The molecule has 1 aliphatic heterocycles. The zero-order valence-corrected chi connectivity index (χ0v) is 11.2. The molecule has 0 aromatic heterocycles. The minimum atomic E-state index is 0.454. The van der Waals surface area contributed by atoms with Crippen LogP contribution >= 0.6 is 15.9 Å². The van der Waals surface area contributed by atoms with Crippen molar-refractivity contribution in [2.45, 2.75) is 38.6 Å². The molecule has 0 bridgehead atoms. The molecule has 0 amide bonds. The van der Waals surface area contributed by atoms with Gasteiger partial charge in [-0.15, -0.1) is 0 Å². The van der Waals surface area contributed by atoms with Gasteiger partial charge in [-0.25, -0.2) is 0 Å². The predicted molar refractivity (Wildman–Crippen MR) is 69.9 cm³/mol. The normalized spacial score (nSPS) is 21.0. The molecule has 1 heterocycles. The first-order valence-electron chi connectivity index (χ1n) is 5.88. The van der Waals surface area contributed by atoms with Crippen molar-refractivity contribution in [3.8, 4) is 5.75 Å². The maximum absolute atomic E-state index is 10.0. The molecule has 1 unspecified atom stereocenters. The van der Waals surface area contributed by atoms with Gasteiger partial charge < -0.3 is 10.4 Å². The van der Waals surface area contributed by atoms with Crippen LogP contribution in [0.2, 0.25) is 0 Å². The van der Waals surface area contributed by atoms with Crippen molar-refractivity contribution in [3.63, 3.8) is 0 Å². The number of rotatable bonds is 2. The van der Waals surface area contributed by atoms with E-state index in [1.807, 2.05) is 19.1 Å². The topological polar surface area (TPSA) is 32.3 Å². The third-order valence-electron chi connectivity index (χ3n) is 3.22. The van der Waals surface area contributed by atoms with Gasteiger partial charge in [-0.2, -0.15) is 0 Å². The molecule has 0 spiro atoms. The minimum Gasteiger partial charge on any atom is -0.507 e. The van der Waals surface area contributed by atoms with Crippen LogP contribution in [0, 0.1) is 6.92 Å². The van der Waals surface area contributed by atoms with Gasteiger partial charge >= 0.3 is 0 Å². The van der Waals surface area contributed by atoms with Crippen molar-refractivity contribution in [2.75, 3.05) is 6.54 Å². The second-order valence-electron chi connectivity index (χ2n) is 4.58. The van der Waals surface area contributed by atoms with Crippen LogP contribution in [0.5, 0.6) is 5.75 Å². The van der Waals surface area contributed by atoms with E-state index >= 15 is 0 Å². The average Bonchev–Trinajstić information content (AvgIpc) is 2.27. The number of hydrogen-bond acceptors (Lipinski definition) is 2. The van der Waals surface area contributed by atoms with Crippen molar-refractivity contribution in [2.24, 2.45) is 0 Å². The molecule has 1 saturated heterocycles. The molecule has 0 radical (unpaired) electrons. The summed E-state index contributed by atoms with van der Waals surface area (Å²) in [5, 5.41) is 13.5. The number of hydrogen-bond donors (Lipinski definition) is 2. The first-order valence-corrected chi connectivity index (χ1v) is 6.67. The monoisotopic (exact) mass is 283 g/mol. The smallest absolute Gasteiger partial charge is 0.121 e. The van der Waals surface area contributed by atoms with E-state index < -0.39 is 0 Å². The van der Waals surface area contributed by atoms with Crippen molar-refractivity contribution < 1.29 is 5.11 Å². The van der Waals surface area contributed by atoms with E-state index in [1.54, 1.807) is 0 Å². The summed E-state index contributed by atoms with van der Waals surface area (Å²) < 4.78 is 1.05. The molecule has 88 valence electrons. The molecule has 1 aromatic carbocycles. The second kappa shape index (κ2) is 5.19. The zero-order valence-electron chi connectivity index (χ0n) is 9.59. The summed E-state index contributed by atoms with van der Waals surface area (Å²) in [4.78, 5) is 0. The lowest BCUT2D eigenvalue weighted by Crippen LogP contribution is -2.35. The van der Waals surface area contributed by atoms with Gasteiger partial charge in [0.15, 0.2) is 0 Å². The Morgan fingerprint density at radius 3 is 2.94 bits per heavy atom. The molecule has 0 saturated carbocycles. The van der Waals surface area contributed by atoms with Gasteiger partial charge in [-0.3, -0.25) is 0 Å². The van der Waals surface area contributed by atoms with Gasteiger partial charge in [0, 0.05) is 10.5 Å². The fourth-order valence-corrected chi connectivity index (χ4v) is 2.94. The first kappa shape index (κ1) is 11.9. The van der Waals surface area contributed by atoms with Gasteiger partial charge in [0.25, 0.3) is 0 Å². The summed E-state index contributed by atoms with van der Waals surface area (Å²) in [5.74, 6) is 0.454. The van der Waals surface area contributed by atoms with Crippen LogP contribution in [-0.4, -0.2) is 17.7 Å². The zero-order chi connectivity index (χ0) is 11.5.